The monoisotopic (exact) mass is 279 g/mol. The molecular formula is C11H10FN5O3. The van der Waals surface area contributed by atoms with Crippen molar-refractivity contribution < 1.29 is 14.1 Å². The summed E-state index contributed by atoms with van der Waals surface area (Å²) in [6.07, 6.45) is 1.19. The quantitative estimate of drug-likeness (QED) is 0.498. The van der Waals surface area contributed by atoms with Crippen LogP contribution < -0.4 is 16.0 Å². The van der Waals surface area contributed by atoms with Gasteiger partial charge in [0.1, 0.15) is 18.0 Å². The minimum Gasteiger partial charge on any atom is -0.431 e. The Bertz CT molecular complexity index is 665. The van der Waals surface area contributed by atoms with Gasteiger partial charge in [-0.25, -0.2) is 20.2 Å². The molecule has 1 aromatic heterocycles. The van der Waals surface area contributed by atoms with Gasteiger partial charge in [-0.1, -0.05) is 0 Å². The van der Waals surface area contributed by atoms with Gasteiger partial charge in [-0.05, 0) is 19.1 Å². The van der Waals surface area contributed by atoms with Gasteiger partial charge in [-0.15, -0.1) is 0 Å². The van der Waals surface area contributed by atoms with Gasteiger partial charge in [-0.3, -0.25) is 10.1 Å². The molecule has 1 heterocycles. The number of hydrogen-bond donors (Lipinski definition) is 2. The Labute approximate surface area is 112 Å². The van der Waals surface area contributed by atoms with E-state index in [1.165, 1.54) is 6.33 Å². The fourth-order valence-corrected chi connectivity index (χ4v) is 1.51. The van der Waals surface area contributed by atoms with Crippen molar-refractivity contribution in [3.63, 3.8) is 0 Å². The van der Waals surface area contributed by atoms with Gasteiger partial charge >= 0.3 is 5.69 Å². The number of halogens is 1. The van der Waals surface area contributed by atoms with Crippen LogP contribution in [0.4, 0.5) is 15.9 Å². The molecule has 0 bridgehead atoms. The molecule has 0 aliphatic rings. The van der Waals surface area contributed by atoms with Crippen molar-refractivity contribution in [2.45, 2.75) is 6.92 Å². The number of nitrogens with zero attached hydrogens (tertiary/aromatic N) is 3. The van der Waals surface area contributed by atoms with Crippen molar-refractivity contribution in [3.05, 3.63) is 46.0 Å². The second-order valence-electron chi connectivity index (χ2n) is 3.77. The Morgan fingerprint density at radius 1 is 1.45 bits per heavy atom. The summed E-state index contributed by atoms with van der Waals surface area (Å²) in [5, 5.41) is 10.9. The molecule has 0 spiro atoms. The minimum absolute atomic E-state index is 0.0858. The number of nitrogens with two attached hydrogens (primary N) is 1. The molecule has 0 saturated carbocycles. The molecule has 2 aromatic rings. The SMILES string of the molecule is Cc1c(NN)ncnc1Oc1ccc(F)cc1[N+](=O)[O-]. The molecule has 20 heavy (non-hydrogen) atoms. The Kier molecular flexibility index (Phi) is 3.71. The van der Waals surface area contributed by atoms with Crippen LogP contribution in [0.2, 0.25) is 0 Å². The van der Waals surface area contributed by atoms with E-state index in [4.69, 9.17) is 10.6 Å². The second kappa shape index (κ2) is 5.45. The van der Waals surface area contributed by atoms with Crippen LogP contribution in [0, 0.1) is 22.9 Å². The largest absolute Gasteiger partial charge is 0.431 e. The zero-order valence-electron chi connectivity index (χ0n) is 10.3. The van der Waals surface area contributed by atoms with Crippen LogP contribution in [0.1, 0.15) is 5.56 Å². The van der Waals surface area contributed by atoms with E-state index in [-0.39, 0.29) is 11.6 Å². The zero-order chi connectivity index (χ0) is 14.7. The molecule has 1 aromatic carbocycles. The molecule has 0 saturated heterocycles. The van der Waals surface area contributed by atoms with Gasteiger partial charge in [0.2, 0.25) is 11.6 Å². The van der Waals surface area contributed by atoms with Gasteiger partial charge in [0.15, 0.2) is 0 Å². The average Bonchev–Trinajstić information content (AvgIpc) is 2.42. The number of aromatic nitrogens is 2. The maximum atomic E-state index is 13.0. The summed E-state index contributed by atoms with van der Waals surface area (Å²) in [5.41, 5.74) is 2.31. The Hall–Kier alpha value is -2.81. The maximum Gasteiger partial charge on any atom is 0.314 e. The van der Waals surface area contributed by atoms with E-state index in [2.05, 4.69) is 15.4 Å². The highest BCUT2D eigenvalue weighted by Gasteiger charge is 2.19. The summed E-state index contributed by atoms with van der Waals surface area (Å²) in [5.74, 6) is 4.81. The molecule has 3 N–H and O–H groups in total. The highest BCUT2D eigenvalue weighted by atomic mass is 19.1. The van der Waals surface area contributed by atoms with Crippen molar-refractivity contribution in [2.75, 3.05) is 5.43 Å². The van der Waals surface area contributed by atoms with Crippen LogP contribution in [0.25, 0.3) is 0 Å². The van der Waals surface area contributed by atoms with Crippen molar-refractivity contribution in [1.29, 1.82) is 0 Å². The van der Waals surface area contributed by atoms with Gasteiger partial charge in [0, 0.05) is 0 Å². The van der Waals surface area contributed by atoms with Crippen LogP contribution in [-0.4, -0.2) is 14.9 Å². The van der Waals surface area contributed by atoms with Gasteiger partial charge in [0.25, 0.3) is 0 Å². The summed E-state index contributed by atoms with van der Waals surface area (Å²) >= 11 is 0. The third kappa shape index (κ3) is 2.62. The van der Waals surface area contributed by atoms with E-state index in [1.54, 1.807) is 6.92 Å². The van der Waals surface area contributed by atoms with Gasteiger partial charge in [0.05, 0.1) is 16.6 Å². The molecular weight excluding hydrogens is 269 g/mol. The summed E-state index contributed by atoms with van der Waals surface area (Å²) in [4.78, 5) is 17.8. The number of ether oxygens (including phenoxy) is 1. The number of nitrogens with one attached hydrogen (secondary N) is 1. The van der Waals surface area contributed by atoms with E-state index in [0.717, 1.165) is 18.2 Å². The number of hydrazine groups is 1. The maximum absolute atomic E-state index is 13.0. The lowest BCUT2D eigenvalue weighted by Crippen LogP contribution is -2.11. The molecule has 2 rings (SSSR count). The Balaban J connectivity index is 2.42. The molecule has 0 radical (unpaired) electrons. The standard InChI is InChI=1S/C11H10FN5O3/c1-6-10(16-13)14-5-15-11(6)20-9-3-2-7(12)4-8(9)17(18)19/h2-5H,13H2,1H3,(H,14,15,16). The fraction of sp³-hybridized carbons (Fsp3) is 0.0909. The van der Waals surface area contributed by atoms with Crippen LogP contribution in [0.3, 0.4) is 0 Å². The second-order valence-corrected chi connectivity index (χ2v) is 3.77. The number of nitrogen functional groups attached to an aromatic ring is 1. The zero-order valence-corrected chi connectivity index (χ0v) is 10.3. The van der Waals surface area contributed by atoms with Crippen molar-refractivity contribution in [1.82, 2.24) is 9.97 Å². The van der Waals surface area contributed by atoms with E-state index >= 15 is 0 Å². The van der Waals surface area contributed by atoms with Crippen LogP contribution in [0.5, 0.6) is 11.6 Å². The van der Waals surface area contributed by atoms with Crippen LogP contribution >= 0.6 is 0 Å². The third-order valence-corrected chi connectivity index (χ3v) is 2.50. The summed E-state index contributed by atoms with van der Waals surface area (Å²) in [6.45, 7) is 1.62. The first kappa shape index (κ1) is 13.6. The molecule has 8 nitrogen and oxygen atoms in total. The fourth-order valence-electron chi connectivity index (χ4n) is 1.51. The first-order chi connectivity index (χ1) is 9.52. The molecule has 0 atom stereocenters. The number of rotatable bonds is 4. The Morgan fingerprint density at radius 3 is 2.85 bits per heavy atom. The molecule has 0 unspecified atom stereocenters. The minimum atomic E-state index is -0.739. The Morgan fingerprint density at radius 2 is 2.20 bits per heavy atom. The lowest BCUT2D eigenvalue weighted by molar-refractivity contribution is -0.385. The van der Waals surface area contributed by atoms with Crippen molar-refractivity contribution in [2.24, 2.45) is 5.84 Å². The summed E-state index contributed by atoms with van der Waals surface area (Å²) in [6, 6.07) is 2.99. The number of nitro benzene ring substituents is 1. The predicted molar refractivity (Wildman–Crippen MR) is 67.7 cm³/mol. The van der Waals surface area contributed by atoms with Gasteiger partial charge in [-0.2, -0.15) is 0 Å². The highest BCUT2D eigenvalue weighted by Crippen LogP contribution is 2.33. The number of benzene rings is 1. The first-order valence-electron chi connectivity index (χ1n) is 5.43. The average molecular weight is 279 g/mol. The summed E-state index contributed by atoms with van der Waals surface area (Å²) in [7, 11) is 0. The van der Waals surface area contributed by atoms with E-state index < -0.39 is 16.4 Å². The lowest BCUT2D eigenvalue weighted by atomic mass is 10.3. The highest BCUT2D eigenvalue weighted by molar-refractivity contribution is 5.51. The molecule has 0 amide bonds. The predicted octanol–water partition coefficient (Wildman–Crippen LogP) is 1.91. The lowest BCUT2D eigenvalue weighted by Gasteiger charge is -2.09. The topological polar surface area (TPSA) is 116 Å². The smallest absolute Gasteiger partial charge is 0.314 e. The van der Waals surface area contributed by atoms with Crippen LogP contribution in [0.15, 0.2) is 24.5 Å². The van der Waals surface area contributed by atoms with Crippen LogP contribution in [-0.2, 0) is 0 Å². The number of anilines is 1. The molecule has 0 fully saturated rings. The first-order valence-corrected chi connectivity index (χ1v) is 5.43. The van der Waals surface area contributed by atoms with E-state index in [0.29, 0.717) is 11.4 Å². The van der Waals surface area contributed by atoms with E-state index in [9.17, 15) is 14.5 Å². The molecule has 104 valence electrons. The normalized spacial score (nSPS) is 10.2. The number of nitro groups is 1. The van der Waals surface area contributed by atoms with Crippen molar-refractivity contribution in [3.8, 4) is 11.6 Å². The van der Waals surface area contributed by atoms with Crippen molar-refractivity contribution >= 4 is 11.5 Å². The van der Waals surface area contributed by atoms with Gasteiger partial charge < -0.3 is 10.2 Å². The molecule has 0 aliphatic carbocycles. The number of hydrogen-bond acceptors (Lipinski definition) is 7. The molecule has 9 heteroatoms. The third-order valence-electron chi connectivity index (χ3n) is 2.50. The molecule has 0 aliphatic heterocycles. The van der Waals surface area contributed by atoms with E-state index in [1.807, 2.05) is 0 Å². The summed E-state index contributed by atoms with van der Waals surface area (Å²) < 4.78 is 18.4.